The van der Waals surface area contributed by atoms with Gasteiger partial charge in [-0.25, -0.2) is 0 Å². The number of carbonyl (C=O) groups is 3. The Labute approximate surface area is 208 Å². The van der Waals surface area contributed by atoms with Crippen LogP contribution in [0.4, 0.5) is 0 Å². The van der Waals surface area contributed by atoms with Crippen LogP contribution in [0.1, 0.15) is 60.3 Å². The number of aliphatic hydroxyl groups is 1. The van der Waals surface area contributed by atoms with Gasteiger partial charge in [-0.3, -0.25) is 14.4 Å². The third-order valence-electron chi connectivity index (χ3n) is 8.57. The first-order valence-electron chi connectivity index (χ1n) is 13.1. The van der Waals surface area contributed by atoms with Crippen LogP contribution in [0.15, 0.2) is 24.3 Å². The first kappa shape index (κ1) is 25.9. The molecule has 8 nitrogen and oxygen atoms in total. The molecule has 1 spiro atoms. The van der Waals surface area contributed by atoms with E-state index in [2.05, 4.69) is 0 Å². The molecule has 0 aromatic heterocycles. The molecule has 4 heterocycles. The van der Waals surface area contributed by atoms with Gasteiger partial charge in [0.05, 0.1) is 25.2 Å². The SMILES string of the molecule is CC[C@H](C)[C@H](CO)N1C(=O)[C@@H]2[C@@H]3C(=O)OCCC/C=C\[C@]3(CC)O[C@@]23C=CCN(C(C)C)C(=O)C13. The van der Waals surface area contributed by atoms with Gasteiger partial charge in [0, 0.05) is 12.6 Å². The number of fused-ring (bicyclic) bond motifs is 2. The minimum Gasteiger partial charge on any atom is -0.465 e. The number of cyclic esters (lactones) is 1. The highest BCUT2D eigenvalue weighted by Crippen LogP contribution is 2.58. The molecule has 0 saturated carbocycles. The molecule has 4 aliphatic heterocycles. The Balaban J connectivity index is 1.94. The summed E-state index contributed by atoms with van der Waals surface area (Å²) in [5.74, 6) is -2.81. The van der Waals surface area contributed by atoms with Crippen LogP contribution in [-0.2, 0) is 23.9 Å². The number of allylic oxidation sites excluding steroid dienone is 1. The van der Waals surface area contributed by atoms with Gasteiger partial charge in [0.15, 0.2) is 0 Å². The van der Waals surface area contributed by atoms with Crippen molar-refractivity contribution in [1.29, 1.82) is 0 Å². The molecule has 0 aliphatic carbocycles. The first-order chi connectivity index (χ1) is 16.7. The molecule has 1 N–H and O–H groups in total. The van der Waals surface area contributed by atoms with Crippen molar-refractivity contribution in [2.75, 3.05) is 19.8 Å². The van der Waals surface area contributed by atoms with Crippen LogP contribution in [0.2, 0.25) is 0 Å². The van der Waals surface area contributed by atoms with Gasteiger partial charge in [0.2, 0.25) is 11.8 Å². The predicted molar refractivity (Wildman–Crippen MR) is 130 cm³/mol. The number of amides is 2. The average Bonchev–Trinajstić information content (AvgIpc) is 3.21. The maximum atomic E-state index is 14.3. The second-order valence-corrected chi connectivity index (χ2v) is 10.7. The predicted octanol–water partition coefficient (Wildman–Crippen LogP) is 2.45. The van der Waals surface area contributed by atoms with E-state index in [1.165, 1.54) is 0 Å². The molecule has 194 valence electrons. The fourth-order valence-corrected chi connectivity index (χ4v) is 6.47. The van der Waals surface area contributed by atoms with Crippen molar-refractivity contribution in [3.8, 4) is 0 Å². The lowest BCUT2D eigenvalue weighted by molar-refractivity contribution is -0.164. The number of carbonyl (C=O) groups excluding carboxylic acids is 3. The lowest BCUT2D eigenvalue weighted by Gasteiger charge is -2.42. The van der Waals surface area contributed by atoms with Crippen molar-refractivity contribution in [3.05, 3.63) is 24.3 Å². The smallest absolute Gasteiger partial charge is 0.313 e. The van der Waals surface area contributed by atoms with E-state index >= 15 is 0 Å². The van der Waals surface area contributed by atoms with Crippen LogP contribution < -0.4 is 0 Å². The van der Waals surface area contributed by atoms with Crippen molar-refractivity contribution < 1.29 is 29.0 Å². The summed E-state index contributed by atoms with van der Waals surface area (Å²) in [6.45, 7) is 10.2. The molecule has 35 heavy (non-hydrogen) atoms. The monoisotopic (exact) mass is 488 g/mol. The summed E-state index contributed by atoms with van der Waals surface area (Å²) in [7, 11) is 0. The quantitative estimate of drug-likeness (QED) is 0.456. The Bertz CT molecular complexity index is 915. The Morgan fingerprint density at radius 2 is 1.83 bits per heavy atom. The van der Waals surface area contributed by atoms with E-state index < -0.39 is 41.1 Å². The molecule has 2 fully saturated rings. The third kappa shape index (κ3) is 3.84. The first-order valence-corrected chi connectivity index (χ1v) is 13.1. The standard InChI is InChI=1S/C27H40N2O6/c1-6-18(5)19(16-30)29-22-24(32)28(17(3)4)14-11-13-27(22)20(23(29)31)21-25(33)34-15-10-8-9-12-26(21,7-2)35-27/h9,11-13,17-22,30H,6-8,10,14-16H2,1-5H3/b12-9-/t18-,19-,20-,21+,22?,26-,27-/m0/s1. The summed E-state index contributed by atoms with van der Waals surface area (Å²) in [6.07, 6.45) is 10.3. The number of rotatable bonds is 6. The van der Waals surface area contributed by atoms with E-state index in [9.17, 15) is 19.5 Å². The van der Waals surface area contributed by atoms with Gasteiger partial charge in [0.25, 0.3) is 0 Å². The van der Waals surface area contributed by atoms with Crippen molar-refractivity contribution in [2.45, 2.75) is 89.6 Å². The van der Waals surface area contributed by atoms with E-state index in [-0.39, 0.29) is 37.0 Å². The number of hydrogen-bond donors (Lipinski definition) is 1. The van der Waals surface area contributed by atoms with Crippen LogP contribution in [0.5, 0.6) is 0 Å². The van der Waals surface area contributed by atoms with Crippen molar-refractivity contribution in [3.63, 3.8) is 0 Å². The van der Waals surface area contributed by atoms with Gasteiger partial charge in [-0.2, -0.15) is 0 Å². The Morgan fingerprint density at radius 3 is 2.46 bits per heavy atom. The average molecular weight is 489 g/mol. The van der Waals surface area contributed by atoms with Gasteiger partial charge < -0.3 is 24.4 Å². The van der Waals surface area contributed by atoms with Crippen LogP contribution in [0.3, 0.4) is 0 Å². The summed E-state index contributed by atoms with van der Waals surface area (Å²) >= 11 is 0. The molecule has 8 heteroatoms. The van der Waals surface area contributed by atoms with Crippen molar-refractivity contribution in [1.82, 2.24) is 9.80 Å². The minimum atomic E-state index is -1.32. The topological polar surface area (TPSA) is 96.4 Å². The zero-order chi connectivity index (χ0) is 25.5. The van der Waals surface area contributed by atoms with Gasteiger partial charge >= 0.3 is 5.97 Å². The molecular weight excluding hydrogens is 448 g/mol. The zero-order valence-electron chi connectivity index (χ0n) is 21.6. The van der Waals surface area contributed by atoms with Gasteiger partial charge in [-0.15, -0.1) is 0 Å². The number of nitrogens with zero attached hydrogens (tertiary/aromatic N) is 2. The van der Waals surface area contributed by atoms with E-state index in [0.717, 1.165) is 12.8 Å². The molecule has 0 bridgehead atoms. The van der Waals surface area contributed by atoms with Gasteiger partial charge in [-0.05, 0) is 39.0 Å². The fraction of sp³-hybridized carbons (Fsp3) is 0.741. The number of likely N-dealkylation sites (tertiary alicyclic amines) is 1. The molecule has 0 aromatic rings. The fourth-order valence-electron chi connectivity index (χ4n) is 6.47. The molecule has 4 rings (SSSR count). The number of esters is 1. The number of hydrogen-bond acceptors (Lipinski definition) is 6. The molecule has 1 unspecified atom stereocenters. The van der Waals surface area contributed by atoms with E-state index in [0.29, 0.717) is 19.4 Å². The normalized spacial score (nSPS) is 37.6. The van der Waals surface area contributed by atoms with Gasteiger partial charge in [-0.1, -0.05) is 51.5 Å². The molecule has 2 saturated heterocycles. The number of aliphatic hydroxyl groups excluding tert-OH is 1. The van der Waals surface area contributed by atoms with Crippen molar-refractivity contribution in [2.24, 2.45) is 17.8 Å². The molecule has 0 aromatic carbocycles. The van der Waals surface area contributed by atoms with Crippen LogP contribution in [-0.4, -0.2) is 81.8 Å². The second-order valence-electron chi connectivity index (χ2n) is 10.7. The van der Waals surface area contributed by atoms with Crippen molar-refractivity contribution >= 4 is 17.8 Å². The summed E-state index contributed by atoms with van der Waals surface area (Å²) < 4.78 is 12.5. The molecular formula is C27H40N2O6. The summed E-state index contributed by atoms with van der Waals surface area (Å²) in [6, 6.07) is -1.61. The second kappa shape index (κ2) is 9.69. The largest absolute Gasteiger partial charge is 0.465 e. The molecule has 0 radical (unpaired) electrons. The third-order valence-corrected chi connectivity index (χ3v) is 8.57. The zero-order valence-corrected chi connectivity index (χ0v) is 21.6. The maximum Gasteiger partial charge on any atom is 0.313 e. The Morgan fingerprint density at radius 1 is 1.09 bits per heavy atom. The molecule has 2 amide bonds. The van der Waals surface area contributed by atoms with Crippen LogP contribution in [0, 0.1) is 17.8 Å². The highest BCUT2D eigenvalue weighted by Gasteiger charge is 2.76. The van der Waals surface area contributed by atoms with Gasteiger partial charge in [0.1, 0.15) is 23.2 Å². The highest BCUT2D eigenvalue weighted by atomic mass is 16.6. The van der Waals surface area contributed by atoms with E-state index in [4.69, 9.17) is 9.47 Å². The van der Waals surface area contributed by atoms with Crippen LogP contribution >= 0.6 is 0 Å². The molecule has 4 aliphatic rings. The molecule has 7 atom stereocenters. The minimum absolute atomic E-state index is 0.0457. The maximum absolute atomic E-state index is 14.3. The Kier molecular flexibility index (Phi) is 7.17. The summed E-state index contributed by atoms with van der Waals surface area (Å²) in [5.41, 5.74) is -2.36. The summed E-state index contributed by atoms with van der Waals surface area (Å²) in [5, 5.41) is 10.4. The number of ether oxygens (including phenoxy) is 2. The lowest BCUT2D eigenvalue weighted by atomic mass is 9.73. The van der Waals surface area contributed by atoms with Crippen LogP contribution in [0.25, 0.3) is 0 Å². The highest BCUT2D eigenvalue weighted by molar-refractivity contribution is 5.99. The van der Waals surface area contributed by atoms with E-state index in [1.54, 1.807) is 9.80 Å². The summed E-state index contributed by atoms with van der Waals surface area (Å²) in [4.78, 5) is 45.3. The Hall–Kier alpha value is -2.19. The van der Waals surface area contributed by atoms with E-state index in [1.807, 2.05) is 58.9 Å². The lowest BCUT2D eigenvalue weighted by Crippen LogP contribution is -2.60.